The van der Waals surface area contributed by atoms with Crippen LogP contribution in [0.2, 0.25) is 0 Å². The lowest BCUT2D eigenvalue weighted by Gasteiger charge is -2.32. The second-order valence-electron chi connectivity index (χ2n) is 9.09. The number of hydrogen-bond donors (Lipinski definition) is 1. The topological polar surface area (TPSA) is 105 Å². The van der Waals surface area contributed by atoms with E-state index in [2.05, 4.69) is 21.2 Å². The lowest BCUT2D eigenvalue weighted by Crippen LogP contribution is -2.51. The molecule has 0 aromatic heterocycles. The number of methoxy groups -OCH3 is 2. The van der Waals surface area contributed by atoms with Gasteiger partial charge in [0, 0.05) is 23.6 Å². The van der Waals surface area contributed by atoms with Crippen LogP contribution in [0, 0.1) is 6.92 Å². The zero-order valence-corrected chi connectivity index (χ0v) is 25.6. The summed E-state index contributed by atoms with van der Waals surface area (Å²) < 4.78 is 40.5. The first-order valence-electron chi connectivity index (χ1n) is 12.6. The number of nitrogens with one attached hydrogen (secondary N) is 1. The molecule has 0 aliphatic heterocycles. The molecule has 0 saturated carbocycles. The number of benzene rings is 3. The van der Waals surface area contributed by atoms with E-state index in [0.29, 0.717) is 18.0 Å². The molecule has 0 aliphatic carbocycles. The molecular formula is C29H34BrN3O6S. The highest BCUT2D eigenvalue weighted by Crippen LogP contribution is 2.32. The van der Waals surface area contributed by atoms with Crippen molar-refractivity contribution in [2.24, 2.45) is 0 Å². The van der Waals surface area contributed by atoms with Gasteiger partial charge < -0.3 is 19.7 Å². The summed E-state index contributed by atoms with van der Waals surface area (Å²) in [5.74, 6) is -0.269. The molecule has 0 radical (unpaired) electrons. The van der Waals surface area contributed by atoms with Crippen LogP contribution in [0.5, 0.6) is 11.5 Å². The normalized spacial score (nSPS) is 11.8. The van der Waals surface area contributed by atoms with Crippen molar-refractivity contribution >= 4 is 43.5 Å². The van der Waals surface area contributed by atoms with Crippen LogP contribution in [-0.4, -0.2) is 58.5 Å². The number of anilines is 1. The van der Waals surface area contributed by atoms with Crippen LogP contribution < -0.4 is 19.1 Å². The van der Waals surface area contributed by atoms with Gasteiger partial charge in [-0.05, 0) is 62.7 Å². The fourth-order valence-electron chi connectivity index (χ4n) is 4.08. The summed E-state index contributed by atoms with van der Waals surface area (Å²) >= 11 is 3.44. The minimum atomic E-state index is -4.25. The summed E-state index contributed by atoms with van der Waals surface area (Å²) in [4.78, 5) is 28.0. The van der Waals surface area contributed by atoms with E-state index in [1.165, 1.54) is 37.3 Å². The average molecular weight is 633 g/mol. The number of nitrogens with zero attached hydrogens (tertiary/aromatic N) is 2. The van der Waals surface area contributed by atoms with Crippen LogP contribution in [0.25, 0.3) is 0 Å². The molecule has 0 saturated heterocycles. The van der Waals surface area contributed by atoms with Crippen LogP contribution in [0.3, 0.4) is 0 Å². The molecule has 2 amide bonds. The van der Waals surface area contributed by atoms with E-state index in [-0.39, 0.29) is 23.1 Å². The lowest BCUT2D eigenvalue weighted by molar-refractivity contribution is -0.139. The van der Waals surface area contributed by atoms with E-state index < -0.39 is 28.5 Å². The lowest BCUT2D eigenvalue weighted by atomic mass is 10.1. The van der Waals surface area contributed by atoms with Crippen LogP contribution in [0.4, 0.5) is 5.69 Å². The Morgan fingerprint density at radius 2 is 1.65 bits per heavy atom. The van der Waals surface area contributed by atoms with Crippen molar-refractivity contribution < 1.29 is 27.5 Å². The highest BCUT2D eigenvalue weighted by molar-refractivity contribution is 9.10. The first-order valence-corrected chi connectivity index (χ1v) is 14.9. The van der Waals surface area contributed by atoms with E-state index >= 15 is 0 Å². The average Bonchev–Trinajstić information content (AvgIpc) is 2.94. The third-order valence-corrected chi connectivity index (χ3v) is 8.57. The van der Waals surface area contributed by atoms with Gasteiger partial charge in [-0.15, -0.1) is 0 Å². The molecule has 1 unspecified atom stereocenters. The molecule has 9 nitrogen and oxygen atoms in total. The van der Waals surface area contributed by atoms with Gasteiger partial charge in [-0.2, -0.15) is 0 Å². The van der Waals surface area contributed by atoms with E-state index in [0.717, 1.165) is 19.9 Å². The minimum Gasteiger partial charge on any atom is -0.493 e. The highest BCUT2D eigenvalue weighted by atomic mass is 79.9. The summed E-state index contributed by atoms with van der Waals surface area (Å²) in [7, 11) is -1.37. The number of ether oxygens (including phenoxy) is 2. The van der Waals surface area contributed by atoms with Crippen molar-refractivity contribution in [3.63, 3.8) is 0 Å². The predicted octanol–water partition coefficient (Wildman–Crippen LogP) is 4.52. The highest BCUT2D eigenvalue weighted by Gasteiger charge is 2.33. The molecular weight excluding hydrogens is 598 g/mol. The molecule has 3 aromatic rings. The van der Waals surface area contributed by atoms with Gasteiger partial charge in [-0.25, -0.2) is 8.42 Å². The Morgan fingerprint density at radius 3 is 2.25 bits per heavy atom. The SMILES string of the molecule is CCNC(=O)C(C)N(Cc1cccc(Br)c1)C(=O)CN(c1ccc(C)cc1)S(=O)(=O)c1ccc(OC)c(OC)c1. The Kier molecular flexibility index (Phi) is 10.6. The fraction of sp³-hybridized carbons (Fsp3) is 0.310. The van der Waals surface area contributed by atoms with Gasteiger partial charge in [-0.3, -0.25) is 13.9 Å². The van der Waals surface area contributed by atoms with E-state index in [1.54, 1.807) is 38.1 Å². The molecule has 0 heterocycles. The van der Waals surface area contributed by atoms with E-state index in [9.17, 15) is 18.0 Å². The first-order chi connectivity index (χ1) is 19.0. The number of amides is 2. The monoisotopic (exact) mass is 631 g/mol. The number of halogens is 1. The molecule has 0 spiro atoms. The molecule has 1 N–H and O–H groups in total. The van der Waals surface area contributed by atoms with Crippen molar-refractivity contribution in [3.8, 4) is 11.5 Å². The van der Waals surface area contributed by atoms with Gasteiger partial charge in [0.2, 0.25) is 11.8 Å². The first kappa shape index (κ1) is 31.0. The molecule has 40 heavy (non-hydrogen) atoms. The second kappa shape index (κ2) is 13.7. The third-order valence-electron chi connectivity index (χ3n) is 6.30. The fourth-order valence-corrected chi connectivity index (χ4v) is 5.96. The number of rotatable bonds is 12. The van der Waals surface area contributed by atoms with Crippen molar-refractivity contribution in [3.05, 3.63) is 82.3 Å². The molecule has 0 bridgehead atoms. The Hall–Kier alpha value is -3.57. The molecule has 1 atom stereocenters. The van der Waals surface area contributed by atoms with E-state index in [1.807, 2.05) is 31.2 Å². The van der Waals surface area contributed by atoms with Gasteiger partial charge in [0.25, 0.3) is 10.0 Å². The van der Waals surface area contributed by atoms with Crippen LogP contribution in [-0.2, 0) is 26.2 Å². The number of hydrogen-bond acceptors (Lipinski definition) is 6. The van der Waals surface area contributed by atoms with Crippen molar-refractivity contribution in [1.29, 1.82) is 0 Å². The maximum atomic E-state index is 14.0. The second-order valence-corrected chi connectivity index (χ2v) is 11.9. The Balaban J connectivity index is 2.07. The number of aryl methyl sites for hydroxylation is 1. The van der Waals surface area contributed by atoms with Gasteiger partial charge >= 0.3 is 0 Å². The van der Waals surface area contributed by atoms with Gasteiger partial charge in [0.1, 0.15) is 12.6 Å². The summed E-state index contributed by atoms with van der Waals surface area (Å²) in [6, 6.07) is 17.6. The molecule has 214 valence electrons. The number of sulfonamides is 1. The third kappa shape index (κ3) is 7.33. The van der Waals surface area contributed by atoms with Crippen LogP contribution >= 0.6 is 15.9 Å². The Bertz CT molecular complexity index is 1450. The summed E-state index contributed by atoms with van der Waals surface area (Å²) in [5, 5.41) is 2.75. The number of carbonyl (C=O) groups excluding carboxylic acids is 2. The Labute approximate surface area is 244 Å². The van der Waals surface area contributed by atoms with E-state index in [4.69, 9.17) is 9.47 Å². The molecule has 11 heteroatoms. The number of likely N-dealkylation sites (N-methyl/N-ethyl adjacent to an activating group) is 1. The smallest absolute Gasteiger partial charge is 0.264 e. The molecule has 0 aliphatic rings. The maximum Gasteiger partial charge on any atom is 0.264 e. The van der Waals surface area contributed by atoms with Gasteiger partial charge in [0.05, 0.1) is 24.8 Å². The Morgan fingerprint density at radius 1 is 0.975 bits per heavy atom. The quantitative estimate of drug-likeness (QED) is 0.315. The molecule has 3 aromatic carbocycles. The van der Waals surface area contributed by atoms with Crippen molar-refractivity contribution in [1.82, 2.24) is 10.2 Å². The summed E-state index contributed by atoms with van der Waals surface area (Å²) in [6.07, 6.45) is 0. The van der Waals surface area contributed by atoms with Crippen LogP contribution in [0.1, 0.15) is 25.0 Å². The number of carbonyl (C=O) groups is 2. The van der Waals surface area contributed by atoms with Crippen molar-refractivity contribution in [2.75, 3.05) is 31.6 Å². The van der Waals surface area contributed by atoms with Crippen molar-refractivity contribution in [2.45, 2.75) is 38.3 Å². The molecule has 0 fully saturated rings. The molecule has 3 rings (SSSR count). The summed E-state index contributed by atoms with van der Waals surface area (Å²) in [6.45, 7) is 5.27. The standard InChI is InChI=1S/C29H34BrN3O6S/c1-6-31-29(35)21(3)32(18-22-8-7-9-23(30)16-22)28(34)19-33(24-12-10-20(2)11-13-24)40(36,37)25-14-15-26(38-4)27(17-25)39-5/h7-17,21H,6,18-19H2,1-5H3,(H,31,35). The van der Waals surface area contributed by atoms with Gasteiger partial charge in [-0.1, -0.05) is 45.8 Å². The summed E-state index contributed by atoms with van der Waals surface area (Å²) in [5.41, 5.74) is 2.02. The largest absolute Gasteiger partial charge is 0.493 e. The maximum absolute atomic E-state index is 14.0. The predicted molar refractivity (Wildman–Crippen MR) is 158 cm³/mol. The van der Waals surface area contributed by atoms with Crippen LogP contribution in [0.15, 0.2) is 76.1 Å². The minimum absolute atomic E-state index is 0.0751. The zero-order chi connectivity index (χ0) is 29.4. The van der Waals surface area contributed by atoms with Gasteiger partial charge in [0.15, 0.2) is 11.5 Å². The zero-order valence-electron chi connectivity index (χ0n) is 23.2.